The van der Waals surface area contributed by atoms with Gasteiger partial charge >= 0.3 is 0 Å². The molecule has 2 unspecified atom stereocenters. The fourth-order valence-electron chi connectivity index (χ4n) is 4.34. The van der Waals surface area contributed by atoms with E-state index in [9.17, 15) is 9.18 Å². The second kappa shape index (κ2) is 8.80. The van der Waals surface area contributed by atoms with E-state index in [1.165, 1.54) is 12.1 Å². The number of alkyl halides is 1. The summed E-state index contributed by atoms with van der Waals surface area (Å²) in [6, 6.07) is 11.6. The molecule has 2 fully saturated rings. The van der Waals surface area contributed by atoms with Crippen molar-refractivity contribution in [3.63, 3.8) is 0 Å². The van der Waals surface area contributed by atoms with Gasteiger partial charge in [-0.2, -0.15) is 0 Å². The minimum Gasteiger partial charge on any atom is -0.490 e. The second-order valence-corrected chi connectivity index (χ2v) is 8.23. The van der Waals surface area contributed by atoms with Gasteiger partial charge in [-0.05, 0) is 55.3 Å². The maximum absolute atomic E-state index is 13.1. The Morgan fingerprint density at radius 1 is 1.10 bits per heavy atom. The van der Waals surface area contributed by atoms with E-state index in [1.807, 2.05) is 4.90 Å². The van der Waals surface area contributed by atoms with Gasteiger partial charge in [-0.1, -0.05) is 11.6 Å². The number of amides is 1. The van der Waals surface area contributed by atoms with Crippen LogP contribution in [0.25, 0.3) is 0 Å². The highest BCUT2D eigenvalue weighted by Crippen LogP contribution is 2.37. The van der Waals surface area contributed by atoms with E-state index < -0.39 is 0 Å². The van der Waals surface area contributed by atoms with Crippen molar-refractivity contribution in [1.29, 1.82) is 0 Å². The third-order valence-electron chi connectivity index (χ3n) is 5.61. The lowest BCUT2D eigenvalue weighted by Gasteiger charge is -2.38. The molecular formula is C22H22Cl2FNO3. The molecule has 2 heterocycles. The highest BCUT2D eigenvalue weighted by molar-refractivity contribution is 6.30. The summed E-state index contributed by atoms with van der Waals surface area (Å²) < 4.78 is 24.9. The zero-order valence-electron chi connectivity index (χ0n) is 15.8. The van der Waals surface area contributed by atoms with Crippen LogP contribution in [-0.4, -0.2) is 35.6 Å². The molecule has 4 nitrogen and oxygen atoms in total. The molecule has 154 valence electrons. The lowest BCUT2D eigenvalue weighted by molar-refractivity contribution is -0.139. The van der Waals surface area contributed by atoms with Gasteiger partial charge in [-0.25, -0.2) is 4.39 Å². The number of ether oxygens (including phenoxy) is 2. The van der Waals surface area contributed by atoms with Gasteiger partial charge in [0, 0.05) is 35.5 Å². The molecule has 0 aliphatic carbocycles. The minimum atomic E-state index is -0.282. The SMILES string of the molecule is O=C(COc1ccc(Cl)cc1CCl)N1C2CCC1CC(Oc1ccc(F)cc1)C2. The molecule has 2 aliphatic heterocycles. The van der Waals surface area contributed by atoms with Crippen molar-refractivity contribution >= 4 is 29.1 Å². The summed E-state index contributed by atoms with van der Waals surface area (Å²) in [5.41, 5.74) is 0.765. The first kappa shape index (κ1) is 20.3. The summed E-state index contributed by atoms with van der Waals surface area (Å²) in [7, 11) is 0. The van der Waals surface area contributed by atoms with Crippen molar-refractivity contribution in [2.75, 3.05) is 6.61 Å². The number of rotatable bonds is 6. The van der Waals surface area contributed by atoms with Crippen molar-refractivity contribution in [2.24, 2.45) is 0 Å². The molecule has 2 saturated heterocycles. The molecule has 0 N–H and O–H groups in total. The van der Waals surface area contributed by atoms with Crippen molar-refractivity contribution < 1.29 is 18.7 Å². The van der Waals surface area contributed by atoms with Gasteiger partial charge in [0.25, 0.3) is 5.91 Å². The van der Waals surface area contributed by atoms with Crippen LogP contribution in [0.1, 0.15) is 31.2 Å². The normalized spacial score (nSPS) is 23.1. The second-order valence-electron chi connectivity index (χ2n) is 7.53. The van der Waals surface area contributed by atoms with E-state index in [2.05, 4.69) is 0 Å². The van der Waals surface area contributed by atoms with Crippen LogP contribution < -0.4 is 9.47 Å². The standard InChI is InChI=1S/C22H22Cl2FNO3/c23-12-14-9-15(24)1-8-21(14)28-13-22(27)26-17-4-5-18(26)11-20(10-17)29-19-6-2-16(25)3-7-19/h1-3,6-9,17-18,20H,4-5,10-13H2. The maximum atomic E-state index is 13.1. The zero-order chi connectivity index (χ0) is 20.4. The molecule has 2 bridgehead atoms. The molecule has 0 spiro atoms. The Bertz CT molecular complexity index is 863. The van der Waals surface area contributed by atoms with Gasteiger partial charge in [-0.15, -0.1) is 11.6 Å². The van der Waals surface area contributed by atoms with E-state index >= 15 is 0 Å². The monoisotopic (exact) mass is 437 g/mol. The number of fused-ring (bicyclic) bond motifs is 2. The molecule has 29 heavy (non-hydrogen) atoms. The molecule has 2 aromatic rings. The highest BCUT2D eigenvalue weighted by atomic mass is 35.5. The average molecular weight is 438 g/mol. The van der Waals surface area contributed by atoms with Gasteiger partial charge in [-0.3, -0.25) is 4.79 Å². The minimum absolute atomic E-state index is 0.0202. The molecule has 2 aliphatic rings. The smallest absolute Gasteiger partial charge is 0.261 e. The third kappa shape index (κ3) is 4.62. The molecule has 2 aromatic carbocycles. The highest BCUT2D eigenvalue weighted by Gasteiger charge is 2.44. The number of hydrogen-bond donors (Lipinski definition) is 0. The first-order valence-electron chi connectivity index (χ1n) is 9.74. The quantitative estimate of drug-likeness (QED) is 0.583. The van der Waals surface area contributed by atoms with Crippen molar-refractivity contribution in [3.8, 4) is 11.5 Å². The Morgan fingerprint density at radius 3 is 2.45 bits per heavy atom. The van der Waals surface area contributed by atoms with Gasteiger partial charge < -0.3 is 14.4 Å². The van der Waals surface area contributed by atoms with Crippen LogP contribution in [0.3, 0.4) is 0 Å². The fraction of sp³-hybridized carbons (Fsp3) is 0.409. The first-order chi connectivity index (χ1) is 14.0. The number of halogens is 3. The molecule has 4 rings (SSSR count). The molecule has 1 amide bonds. The van der Waals surface area contributed by atoms with Crippen molar-refractivity contribution in [3.05, 3.63) is 58.9 Å². The van der Waals surface area contributed by atoms with Crippen LogP contribution in [0.4, 0.5) is 4.39 Å². The third-order valence-corrected chi connectivity index (χ3v) is 6.13. The van der Waals surface area contributed by atoms with Gasteiger partial charge in [0.2, 0.25) is 0 Å². The van der Waals surface area contributed by atoms with Crippen molar-refractivity contribution in [1.82, 2.24) is 4.90 Å². The Balaban J connectivity index is 1.35. The summed E-state index contributed by atoms with van der Waals surface area (Å²) in [4.78, 5) is 14.8. The summed E-state index contributed by atoms with van der Waals surface area (Å²) in [6.07, 6.45) is 3.50. The Kier molecular flexibility index (Phi) is 6.16. The van der Waals surface area contributed by atoms with E-state index in [0.29, 0.717) is 16.5 Å². The molecule has 7 heteroatoms. The topological polar surface area (TPSA) is 38.8 Å². The average Bonchev–Trinajstić information content (AvgIpc) is 2.99. The van der Waals surface area contributed by atoms with Gasteiger partial charge in [0.15, 0.2) is 6.61 Å². The largest absolute Gasteiger partial charge is 0.490 e. The number of piperidine rings is 1. The van der Waals surface area contributed by atoms with Crippen LogP contribution in [-0.2, 0) is 10.7 Å². The number of benzene rings is 2. The maximum Gasteiger partial charge on any atom is 0.261 e. The fourth-order valence-corrected chi connectivity index (χ4v) is 4.75. The van der Waals surface area contributed by atoms with E-state index in [1.54, 1.807) is 30.3 Å². The summed E-state index contributed by atoms with van der Waals surface area (Å²) in [6.45, 7) is -0.0258. The number of hydrogen-bond acceptors (Lipinski definition) is 3. The zero-order valence-corrected chi connectivity index (χ0v) is 17.3. The predicted molar refractivity (Wildman–Crippen MR) is 110 cm³/mol. The number of carbonyl (C=O) groups is 1. The van der Waals surface area contributed by atoms with Crippen LogP contribution in [0.5, 0.6) is 11.5 Å². The molecule has 0 radical (unpaired) electrons. The molecule has 0 saturated carbocycles. The molecule has 2 atom stereocenters. The first-order valence-corrected chi connectivity index (χ1v) is 10.7. The van der Waals surface area contributed by atoms with Gasteiger partial charge in [0.1, 0.15) is 23.4 Å². The lowest BCUT2D eigenvalue weighted by atomic mass is 9.99. The predicted octanol–water partition coefficient (Wildman–Crippen LogP) is 5.20. The summed E-state index contributed by atoms with van der Waals surface area (Å²) in [5.74, 6) is 1.21. The van der Waals surface area contributed by atoms with Gasteiger partial charge in [0.05, 0.1) is 5.88 Å². The van der Waals surface area contributed by atoms with Crippen molar-refractivity contribution in [2.45, 2.75) is 49.8 Å². The van der Waals surface area contributed by atoms with Crippen LogP contribution in [0.2, 0.25) is 5.02 Å². The van der Waals surface area contributed by atoms with Crippen LogP contribution in [0, 0.1) is 5.82 Å². The number of nitrogens with zero attached hydrogens (tertiary/aromatic N) is 1. The lowest BCUT2D eigenvalue weighted by Crippen LogP contribution is -2.50. The molecular weight excluding hydrogens is 416 g/mol. The van der Waals surface area contributed by atoms with E-state index in [4.69, 9.17) is 32.7 Å². The number of carbonyl (C=O) groups excluding carboxylic acids is 1. The van der Waals surface area contributed by atoms with Crippen LogP contribution >= 0.6 is 23.2 Å². The summed E-state index contributed by atoms with van der Waals surface area (Å²) in [5, 5.41) is 0.584. The Labute approximate surface area is 179 Å². The Morgan fingerprint density at radius 2 is 1.79 bits per heavy atom. The van der Waals surface area contributed by atoms with E-state index in [0.717, 1.165) is 31.2 Å². The summed E-state index contributed by atoms with van der Waals surface area (Å²) >= 11 is 11.9. The van der Waals surface area contributed by atoms with E-state index in [-0.39, 0.29) is 42.4 Å². The molecule has 0 aromatic heterocycles. The Hall–Kier alpha value is -1.98. The van der Waals surface area contributed by atoms with Crippen LogP contribution in [0.15, 0.2) is 42.5 Å².